The minimum Gasteiger partial charge on any atom is -0.396 e. The number of carbonyl (C=O) groups is 1. The second-order valence-electron chi connectivity index (χ2n) is 7.01. The van der Waals surface area contributed by atoms with Crippen LogP contribution in [0.1, 0.15) is 59.8 Å². The van der Waals surface area contributed by atoms with Crippen molar-refractivity contribution in [1.82, 2.24) is 15.5 Å². The van der Waals surface area contributed by atoms with Crippen LogP contribution in [0.15, 0.2) is 0 Å². The van der Waals surface area contributed by atoms with Gasteiger partial charge in [0.25, 0.3) is 0 Å². The second-order valence-corrected chi connectivity index (χ2v) is 7.01. The summed E-state index contributed by atoms with van der Waals surface area (Å²) in [5.41, 5.74) is 0. The maximum absolute atomic E-state index is 12.0. The summed E-state index contributed by atoms with van der Waals surface area (Å²) >= 11 is 0. The number of aliphatic hydroxyl groups is 1. The molecule has 1 rings (SSSR count). The molecule has 1 fully saturated rings. The first kappa shape index (κ1) is 19.2. The van der Waals surface area contributed by atoms with Gasteiger partial charge in [-0.15, -0.1) is 0 Å². The van der Waals surface area contributed by atoms with Gasteiger partial charge in [-0.05, 0) is 47.0 Å². The highest BCUT2D eigenvalue weighted by Gasteiger charge is 2.25. The fourth-order valence-corrected chi connectivity index (χ4v) is 3.41. The Kier molecular flexibility index (Phi) is 8.79. The molecule has 1 saturated carbocycles. The second kappa shape index (κ2) is 10.1. The molecule has 2 atom stereocenters. The summed E-state index contributed by atoms with van der Waals surface area (Å²) in [7, 11) is 0. The lowest BCUT2D eigenvalue weighted by Crippen LogP contribution is -2.48. The summed E-state index contributed by atoms with van der Waals surface area (Å²) in [5, 5.41) is 15.4. The first-order chi connectivity index (χ1) is 10.5. The van der Waals surface area contributed by atoms with Crippen molar-refractivity contribution in [2.75, 3.05) is 19.7 Å². The zero-order chi connectivity index (χ0) is 16.5. The molecule has 0 aromatic heterocycles. The highest BCUT2D eigenvalue weighted by Crippen LogP contribution is 2.23. The molecule has 0 aromatic carbocycles. The number of nitrogens with one attached hydrogen (secondary N) is 2. The normalized spacial score (nSPS) is 22.4. The van der Waals surface area contributed by atoms with Crippen LogP contribution in [0.2, 0.25) is 0 Å². The lowest BCUT2D eigenvalue weighted by Gasteiger charge is -2.31. The van der Waals surface area contributed by atoms with E-state index in [1.165, 1.54) is 0 Å². The maximum atomic E-state index is 12.0. The van der Waals surface area contributed by atoms with Crippen LogP contribution in [-0.4, -0.2) is 53.9 Å². The van der Waals surface area contributed by atoms with Crippen LogP contribution >= 0.6 is 0 Å². The standard InChI is InChI=1S/C17H35N3O2/c1-13(2)20(14(3)4)11-7-10-18-17(22)19-16-9-6-5-8-15(16)12-21/h13-16,21H,5-12H2,1-4H3,(H2,18,19,22). The Hall–Kier alpha value is -0.810. The zero-order valence-corrected chi connectivity index (χ0v) is 14.8. The molecule has 3 N–H and O–H groups in total. The van der Waals surface area contributed by atoms with Crippen LogP contribution in [0.25, 0.3) is 0 Å². The van der Waals surface area contributed by atoms with Crippen molar-refractivity contribution in [1.29, 1.82) is 0 Å². The summed E-state index contributed by atoms with van der Waals surface area (Å²) in [6, 6.07) is 1.09. The molecular weight excluding hydrogens is 278 g/mol. The molecule has 2 amide bonds. The Morgan fingerprint density at radius 2 is 1.82 bits per heavy atom. The summed E-state index contributed by atoms with van der Waals surface area (Å²) in [6.45, 7) is 10.7. The number of nitrogens with zero attached hydrogens (tertiary/aromatic N) is 1. The molecule has 0 bridgehead atoms. The van der Waals surface area contributed by atoms with Crippen molar-refractivity contribution < 1.29 is 9.90 Å². The summed E-state index contributed by atoms with van der Waals surface area (Å²) in [4.78, 5) is 14.4. The number of urea groups is 1. The minimum absolute atomic E-state index is 0.0917. The topological polar surface area (TPSA) is 64.6 Å². The fourth-order valence-electron chi connectivity index (χ4n) is 3.41. The molecule has 0 saturated heterocycles. The van der Waals surface area contributed by atoms with Crippen molar-refractivity contribution in [3.63, 3.8) is 0 Å². The third kappa shape index (κ3) is 6.53. The van der Waals surface area contributed by atoms with E-state index in [1.807, 2.05) is 0 Å². The number of rotatable bonds is 8. The van der Waals surface area contributed by atoms with Crippen LogP contribution in [0.5, 0.6) is 0 Å². The van der Waals surface area contributed by atoms with Crippen molar-refractivity contribution in [3.05, 3.63) is 0 Å². The van der Waals surface area contributed by atoms with Gasteiger partial charge in [0.1, 0.15) is 0 Å². The van der Waals surface area contributed by atoms with Crippen LogP contribution in [0, 0.1) is 5.92 Å². The predicted octanol–water partition coefficient (Wildman–Crippen LogP) is 2.35. The molecule has 0 radical (unpaired) electrons. The van der Waals surface area contributed by atoms with Crippen LogP contribution in [0.4, 0.5) is 4.79 Å². The van der Waals surface area contributed by atoms with E-state index in [1.54, 1.807) is 0 Å². The highest BCUT2D eigenvalue weighted by molar-refractivity contribution is 5.74. The molecule has 5 nitrogen and oxygen atoms in total. The van der Waals surface area contributed by atoms with E-state index >= 15 is 0 Å². The van der Waals surface area contributed by atoms with Crippen molar-refractivity contribution >= 4 is 6.03 Å². The van der Waals surface area contributed by atoms with E-state index in [0.29, 0.717) is 18.6 Å². The van der Waals surface area contributed by atoms with Gasteiger partial charge in [-0.25, -0.2) is 4.79 Å². The molecule has 2 unspecified atom stereocenters. The Labute approximate surface area is 135 Å². The zero-order valence-electron chi connectivity index (χ0n) is 14.8. The van der Waals surface area contributed by atoms with Crippen LogP contribution in [-0.2, 0) is 0 Å². The average Bonchev–Trinajstić information content (AvgIpc) is 2.46. The van der Waals surface area contributed by atoms with Crippen molar-refractivity contribution in [2.45, 2.75) is 77.9 Å². The van der Waals surface area contributed by atoms with E-state index in [9.17, 15) is 9.90 Å². The average molecular weight is 313 g/mol. The van der Waals surface area contributed by atoms with Gasteiger partial charge in [0, 0.05) is 43.7 Å². The number of amides is 2. The van der Waals surface area contributed by atoms with Gasteiger partial charge < -0.3 is 15.7 Å². The lowest BCUT2D eigenvalue weighted by molar-refractivity contribution is 0.153. The maximum Gasteiger partial charge on any atom is 0.315 e. The SMILES string of the molecule is CC(C)N(CCCNC(=O)NC1CCCCC1CO)C(C)C. The Balaban J connectivity index is 2.22. The quantitative estimate of drug-likeness (QED) is 0.603. The largest absolute Gasteiger partial charge is 0.396 e. The lowest BCUT2D eigenvalue weighted by atomic mass is 9.85. The van der Waals surface area contributed by atoms with Crippen molar-refractivity contribution in [3.8, 4) is 0 Å². The third-order valence-electron chi connectivity index (χ3n) is 4.67. The van der Waals surface area contributed by atoms with Crippen LogP contribution < -0.4 is 10.6 Å². The summed E-state index contributed by atoms with van der Waals surface area (Å²) in [6.07, 6.45) is 5.24. The third-order valence-corrected chi connectivity index (χ3v) is 4.67. The van der Waals surface area contributed by atoms with Gasteiger partial charge in [-0.2, -0.15) is 0 Å². The Morgan fingerprint density at radius 1 is 1.18 bits per heavy atom. The fraction of sp³-hybridized carbons (Fsp3) is 0.941. The van der Waals surface area contributed by atoms with E-state index in [2.05, 4.69) is 43.2 Å². The Morgan fingerprint density at radius 3 is 2.41 bits per heavy atom. The number of hydrogen-bond acceptors (Lipinski definition) is 3. The van der Waals surface area contributed by atoms with Crippen molar-refractivity contribution in [2.24, 2.45) is 5.92 Å². The first-order valence-electron chi connectivity index (χ1n) is 8.86. The van der Waals surface area contributed by atoms with Gasteiger partial charge in [0.15, 0.2) is 0 Å². The molecule has 1 aliphatic rings. The molecule has 22 heavy (non-hydrogen) atoms. The molecular formula is C17H35N3O2. The van der Waals surface area contributed by atoms with Crippen LogP contribution in [0.3, 0.4) is 0 Å². The summed E-state index contributed by atoms with van der Waals surface area (Å²) < 4.78 is 0. The van der Waals surface area contributed by atoms with Gasteiger partial charge in [-0.1, -0.05) is 12.8 Å². The molecule has 0 spiro atoms. The number of carbonyl (C=O) groups excluding carboxylic acids is 1. The summed E-state index contributed by atoms with van der Waals surface area (Å²) in [5.74, 6) is 0.219. The number of hydrogen-bond donors (Lipinski definition) is 3. The van der Waals surface area contributed by atoms with Gasteiger partial charge in [0.05, 0.1) is 0 Å². The molecule has 0 aliphatic heterocycles. The Bertz CT molecular complexity index is 313. The smallest absolute Gasteiger partial charge is 0.315 e. The van der Waals surface area contributed by atoms with Gasteiger partial charge >= 0.3 is 6.03 Å². The minimum atomic E-state index is -0.0917. The van der Waals surface area contributed by atoms with Gasteiger partial charge in [0.2, 0.25) is 0 Å². The van der Waals surface area contributed by atoms with E-state index in [0.717, 1.165) is 38.6 Å². The van der Waals surface area contributed by atoms with E-state index in [4.69, 9.17) is 0 Å². The molecule has 0 aromatic rings. The van der Waals surface area contributed by atoms with E-state index < -0.39 is 0 Å². The number of aliphatic hydroxyl groups excluding tert-OH is 1. The first-order valence-corrected chi connectivity index (χ1v) is 8.86. The van der Waals surface area contributed by atoms with Gasteiger partial charge in [-0.3, -0.25) is 4.90 Å². The molecule has 0 heterocycles. The molecule has 130 valence electrons. The molecule has 5 heteroatoms. The highest BCUT2D eigenvalue weighted by atomic mass is 16.3. The predicted molar refractivity (Wildman–Crippen MR) is 91.0 cm³/mol. The molecule has 1 aliphatic carbocycles. The van der Waals surface area contributed by atoms with E-state index in [-0.39, 0.29) is 24.6 Å². The monoisotopic (exact) mass is 313 g/mol.